The van der Waals surface area contributed by atoms with E-state index in [2.05, 4.69) is 21.8 Å². The van der Waals surface area contributed by atoms with Crippen molar-refractivity contribution in [3.05, 3.63) is 82.1 Å². The largest absolute Gasteiger partial charge is 0.336 e. The standard InChI is InChI=1S/C26H31Cl2N5O/c1-2-11-32(26(34)25-10-12-33(29-25)22-6-4-3-5-7-22)18-17-30-13-15-31(16-14-30)20-21-8-9-23(27)24(28)19-21/h3-10,12,19H,2,11,13-18,20H2,1H3. The minimum absolute atomic E-state index is 0.00483. The first-order chi connectivity index (χ1) is 16.5. The summed E-state index contributed by atoms with van der Waals surface area (Å²) in [5.74, 6) is -0.00483. The van der Waals surface area contributed by atoms with Crippen molar-refractivity contribution in [3.63, 3.8) is 0 Å². The molecule has 0 aliphatic carbocycles. The SMILES string of the molecule is CCCN(CCN1CCN(Cc2ccc(Cl)c(Cl)c2)CC1)C(=O)c1ccn(-c2ccccc2)n1. The van der Waals surface area contributed by atoms with E-state index in [0.29, 0.717) is 22.3 Å². The van der Waals surface area contributed by atoms with E-state index in [1.165, 1.54) is 5.56 Å². The van der Waals surface area contributed by atoms with Gasteiger partial charge in [-0.05, 0) is 42.3 Å². The lowest BCUT2D eigenvalue weighted by molar-refractivity contribution is 0.0696. The quantitative estimate of drug-likeness (QED) is 0.422. The van der Waals surface area contributed by atoms with Crippen molar-refractivity contribution in [2.45, 2.75) is 19.9 Å². The average molecular weight is 500 g/mol. The van der Waals surface area contributed by atoms with Gasteiger partial charge in [0.1, 0.15) is 0 Å². The van der Waals surface area contributed by atoms with Gasteiger partial charge in [-0.3, -0.25) is 14.6 Å². The number of piperazine rings is 1. The third-order valence-electron chi connectivity index (χ3n) is 6.15. The molecule has 0 spiro atoms. The Bertz CT molecular complexity index is 1080. The van der Waals surface area contributed by atoms with Gasteiger partial charge in [-0.25, -0.2) is 4.68 Å². The van der Waals surface area contributed by atoms with Gasteiger partial charge in [-0.2, -0.15) is 5.10 Å². The molecule has 8 heteroatoms. The molecule has 0 bridgehead atoms. The van der Waals surface area contributed by atoms with E-state index in [-0.39, 0.29) is 5.91 Å². The molecule has 1 aliphatic rings. The molecule has 180 valence electrons. The van der Waals surface area contributed by atoms with Crippen LogP contribution < -0.4 is 0 Å². The summed E-state index contributed by atoms with van der Waals surface area (Å²) in [5.41, 5.74) is 2.61. The number of carbonyl (C=O) groups excluding carboxylic acids is 1. The summed E-state index contributed by atoms with van der Waals surface area (Å²) in [7, 11) is 0. The number of hydrogen-bond donors (Lipinski definition) is 0. The molecule has 0 N–H and O–H groups in total. The minimum Gasteiger partial charge on any atom is -0.336 e. The Labute approximate surface area is 211 Å². The lowest BCUT2D eigenvalue weighted by Gasteiger charge is -2.35. The van der Waals surface area contributed by atoms with Crippen LogP contribution in [0.2, 0.25) is 10.0 Å². The van der Waals surface area contributed by atoms with Gasteiger partial charge < -0.3 is 4.90 Å². The molecule has 6 nitrogen and oxygen atoms in total. The van der Waals surface area contributed by atoms with E-state index in [9.17, 15) is 4.79 Å². The lowest BCUT2D eigenvalue weighted by Crippen LogP contribution is -2.48. The molecule has 0 unspecified atom stereocenters. The first-order valence-corrected chi connectivity index (χ1v) is 12.6. The highest BCUT2D eigenvalue weighted by Crippen LogP contribution is 2.23. The first-order valence-electron chi connectivity index (χ1n) is 11.8. The number of rotatable bonds is 9. The fourth-order valence-electron chi connectivity index (χ4n) is 4.24. The molecule has 1 fully saturated rings. The maximum Gasteiger partial charge on any atom is 0.274 e. The molecule has 0 atom stereocenters. The van der Waals surface area contributed by atoms with Crippen molar-refractivity contribution >= 4 is 29.1 Å². The third-order valence-corrected chi connectivity index (χ3v) is 6.89. The number of para-hydroxylation sites is 1. The number of carbonyl (C=O) groups is 1. The fourth-order valence-corrected chi connectivity index (χ4v) is 4.56. The van der Waals surface area contributed by atoms with Crippen LogP contribution >= 0.6 is 23.2 Å². The van der Waals surface area contributed by atoms with E-state index in [1.54, 1.807) is 10.7 Å². The molecule has 0 radical (unpaired) electrons. The highest BCUT2D eigenvalue weighted by atomic mass is 35.5. The summed E-state index contributed by atoms with van der Waals surface area (Å²) in [6.07, 6.45) is 2.77. The second-order valence-electron chi connectivity index (χ2n) is 8.64. The van der Waals surface area contributed by atoms with Crippen LogP contribution in [0.3, 0.4) is 0 Å². The van der Waals surface area contributed by atoms with Crippen LogP contribution in [0.15, 0.2) is 60.8 Å². The van der Waals surface area contributed by atoms with Crippen molar-refractivity contribution in [1.29, 1.82) is 0 Å². The summed E-state index contributed by atoms with van der Waals surface area (Å²) < 4.78 is 1.75. The highest BCUT2D eigenvalue weighted by molar-refractivity contribution is 6.42. The van der Waals surface area contributed by atoms with E-state index >= 15 is 0 Å². The van der Waals surface area contributed by atoms with Crippen molar-refractivity contribution in [2.24, 2.45) is 0 Å². The van der Waals surface area contributed by atoms with E-state index in [1.807, 2.05) is 59.6 Å². The fraction of sp³-hybridized carbons (Fsp3) is 0.385. The van der Waals surface area contributed by atoms with Gasteiger partial charge >= 0.3 is 0 Å². The van der Waals surface area contributed by atoms with Gasteiger partial charge in [0.15, 0.2) is 5.69 Å². The maximum atomic E-state index is 13.2. The van der Waals surface area contributed by atoms with Crippen LogP contribution in [0, 0.1) is 0 Å². The molecule has 1 saturated heterocycles. The van der Waals surface area contributed by atoms with Crippen LogP contribution in [0.4, 0.5) is 0 Å². The van der Waals surface area contributed by atoms with Crippen molar-refractivity contribution in [2.75, 3.05) is 45.8 Å². The molecule has 34 heavy (non-hydrogen) atoms. The zero-order valence-corrected chi connectivity index (χ0v) is 21.0. The highest BCUT2D eigenvalue weighted by Gasteiger charge is 2.21. The zero-order valence-electron chi connectivity index (χ0n) is 19.5. The molecule has 1 aromatic heterocycles. The van der Waals surface area contributed by atoms with Gasteiger partial charge in [-0.1, -0.05) is 54.4 Å². The van der Waals surface area contributed by atoms with Crippen LogP contribution in [0.25, 0.3) is 5.69 Å². The predicted molar refractivity (Wildman–Crippen MR) is 138 cm³/mol. The Morgan fingerprint density at radius 1 is 0.941 bits per heavy atom. The summed E-state index contributed by atoms with van der Waals surface area (Å²) in [6, 6.07) is 17.5. The molecule has 2 aromatic carbocycles. The Morgan fingerprint density at radius 3 is 2.38 bits per heavy atom. The van der Waals surface area contributed by atoms with Crippen molar-refractivity contribution in [3.8, 4) is 5.69 Å². The summed E-state index contributed by atoms with van der Waals surface area (Å²) in [5, 5.41) is 5.72. The number of benzene rings is 2. The van der Waals surface area contributed by atoms with E-state index in [0.717, 1.165) is 57.9 Å². The van der Waals surface area contributed by atoms with Gasteiger partial charge in [-0.15, -0.1) is 0 Å². The van der Waals surface area contributed by atoms with Crippen molar-refractivity contribution < 1.29 is 4.79 Å². The lowest BCUT2D eigenvalue weighted by atomic mass is 10.2. The second kappa shape index (κ2) is 11.8. The topological polar surface area (TPSA) is 44.6 Å². The van der Waals surface area contributed by atoms with Crippen LogP contribution in [-0.4, -0.2) is 76.2 Å². The van der Waals surface area contributed by atoms with Gasteiger partial charge in [0.05, 0.1) is 15.7 Å². The number of aromatic nitrogens is 2. The normalized spacial score (nSPS) is 14.9. The maximum absolute atomic E-state index is 13.2. The summed E-state index contributed by atoms with van der Waals surface area (Å²) in [4.78, 5) is 20.0. The Balaban J connectivity index is 1.28. The number of halogens is 2. The Morgan fingerprint density at radius 2 is 1.68 bits per heavy atom. The van der Waals surface area contributed by atoms with Gasteiger partial charge in [0.2, 0.25) is 0 Å². The molecule has 0 saturated carbocycles. The molecule has 2 heterocycles. The average Bonchev–Trinajstić information content (AvgIpc) is 3.35. The molecular weight excluding hydrogens is 469 g/mol. The Kier molecular flexibility index (Phi) is 8.62. The van der Waals surface area contributed by atoms with Crippen LogP contribution in [-0.2, 0) is 6.54 Å². The van der Waals surface area contributed by atoms with Crippen molar-refractivity contribution in [1.82, 2.24) is 24.5 Å². The first kappa shape index (κ1) is 24.7. The summed E-state index contributed by atoms with van der Waals surface area (Å²) >= 11 is 12.2. The van der Waals surface area contributed by atoms with Crippen LogP contribution in [0.5, 0.6) is 0 Å². The number of nitrogens with zero attached hydrogens (tertiary/aromatic N) is 5. The van der Waals surface area contributed by atoms with E-state index in [4.69, 9.17) is 23.2 Å². The predicted octanol–water partition coefficient (Wildman–Crippen LogP) is 4.85. The van der Waals surface area contributed by atoms with Crippen LogP contribution in [0.1, 0.15) is 29.4 Å². The monoisotopic (exact) mass is 499 g/mol. The van der Waals surface area contributed by atoms with Gasteiger partial charge in [0, 0.05) is 58.6 Å². The molecule has 1 amide bonds. The number of hydrogen-bond acceptors (Lipinski definition) is 4. The zero-order chi connectivity index (χ0) is 23.9. The smallest absolute Gasteiger partial charge is 0.274 e. The minimum atomic E-state index is -0.00483. The molecular formula is C26H31Cl2N5O. The number of amides is 1. The Hall–Kier alpha value is -2.38. The molecule has 1 aliphatic heterocycles. The second-order valence-corrected chi connectivity index (χ2v) is 9.45. The summed E-state index contributed by atoms with van der Waals surface area (Å²) in [6.45, 7) is 9.22. The van der Waals surface area contributed by atoms with E-state index < -0.39 is 0 Å². The molecule has 3 aromatic rings. The van der Waals surface area contributed by atoms with Gasteiger partial charge in [0.25, 0.3) is 5.91 Å². The molecule has 4 rings (SSSR count). The third kappa shape index (κ3) is 6.39.